The van der Waals surface area contributed by atoms with E-state index < -0.39 is 0 Å². The number of carbonyl (C=O) groups is 1. The highest BCUT2D eigenvalue weighted by molar-refractivity contribution is 5.78. The Morgan fingerprint density at radius 3 is 2.50 bits per heavy atom. The molecule has 96 valence electrons. The number of nitrogens with zero attached hydrogens (tertiary/aromatic N) is 1. The zero-order valence-electron chi connectivity index (χ0n) is 10.7. The summed E-state index contributed by atoms with van der Waals surface area (Å²) in [6.07, 6.45) is 0.749. The second kappa shape index (κ2) is 7.60. The second-order valence-electron chi connectivity index (χ2n) is 4.35. The summed E-state index contributed by atoms with van der Waals surface area (Å²) in [5.41, 5.74) is -0.242. The van der Waals surface area contributed by atoms with E-state index in [9.17, 15) is 4.79 Å². The van der Waals surface area contributed by atoms with Crippen molar-refractivity contribution in [3.05, 3.63) is 0 Å². The summed E-state index contributed by atoms with van der Waals surface area (Å²) >= 11 is 0. The molecule has 0 fully saturated rings. The molecule has 0 saturated carbocycles. The predicted octanol–water partition coefficient (Wildman–Crippen LogP) is -0.158. The van der Waals surface area contributed by atoms with Crippen LogP contribution >= 0.6 is 0 Å². The SMILES string of the molecule is CNCC(=O)N(CCO)CCC(C)(C)OC. The van der Waals surface area contributed by atoms with Crippen LogP contribution in [0, 0.1) is 0 Å². The van der Waals surface area contributed by atoms with Gasteiger partial charge in [0, 0.05) is 20.2 Å². The number of carbonyl (C=O) groups excluding carboxylic acids is 1. The Balaban J connectivity index is 4.17. The van der Waals surface area contributed by atoms with Crippen LogP contribution in [0.2, 0.25) is 0 Å². The van der Waals surface area contributed by atoms with Gasteiger partial charge in [0.2, 0.25) is 5.91 Å². The summed E-state index contributed by atoms with van der Waals surface area (Å²) in [6, 6.07) is 0. The fourth-order valence-electron chi connectivity index (χ4n) is 1.25. The molecular formula is C11H24N2O3. The molecule has 0 aliphatic heterocycles. The maximum Gasteiger partial charge on any atom is 0.236 e. The van der Waals surface area contributed by atoms with Crippen LogP contribution in [0.25, 0.3) is 0 Å². The summed E-state index contributed by atoms with van der Waals surface area (Å²) in [6.45, 7) is 5.22. The Bertz CT molecular complexity index is 207. The van der Waals surface area contributed by atoms with Crippen molar-refractivity contribution in [1.29, 1.82) is 0 Å². The first kappa shape index (κ1) is 15.3. The van der Waals surface area contributed by atoms with E-state index in [-0.39, 0.29) is 18.1 Å². The average molecular weight is 232 g/mol. The fourth-order valence-corrected chi connectivity index (χ4v) is 1.25. The van der Waals surface area contributed by atoms with Crippen LogP contribution in [0.15, 0.2) is 0 Å². The number of likely N-dealkylation sites (N-methyl/N-ethyl adjacent to an activating group) is 1. The molecule has 2 N–H and O–H groups in total. The standard InChI is InChI=1S/C11H24N2O3/c1-11(2,16-4)5-6-13(7-8-14)10(15)9-12-3/h12,14H,5-9H2,1-4H3. The third kappa shape index (κ3) is 6.05. The third-order valence-electron chi connectivity index (χ3n) is 2.59. The summed E-state index contributed by atoms with van der Waals surface area (Å²) in [7, 11) is 3.39. The Hall–Kier alpha value is -0.650. The first-order valence-corrected chi connectivity index (χ1v) is 5.55. The van der Waals surface area contributed by atoms with E-state index in [4.69, 9.17) is 9.84 Å². The number of hydrogen-bond acceptors (Lipinski definition) is 4. The molecule has 0 aromatic rings. The molecule has 0 saturated heterocycles. The van der Waals surface area contributed by atoms with Crippen LogP contribution in [-0.2, 0) is 9.53 Å². The maximum absolute atomic E-state index is 11.6. The molecule has 0 bridgehead atoms. The molecule has 0 unspecified atom stereocenters. The first-order valence-electron chi connectivity index (χ1n) is 5.55. The lowest BCUT2D eigenvalue weighted by Crippen LogP contribution is -2.41. The third-order valence-corrected chi connectivity index (χ3v) is 2.59. The van der Waals surface area contributed by atoms with Crippen molar-refractivity contribution in [1.82, 2.24) is 10.2 Å². The summed E-state index contributed by atoms with van der Waals surface area (Å²) < 4.78 is 5.29. The molecule has 0 aliphatic rings. The normalized spacial score (nSPS) is 11.6. The van der Waals surface area contributed by atoms with Gasteiger partial charge in [-0.3, -0.25) is 4.79 Å². The Kier molecular flexibility index (Phi) is 7.29. The molecule has 0 radical (unpaired) electrons. The molecule has 5 nitrogen and oxygen atoms in total. The van der Waals surface area contributed by atoms with Crippen LogP contribution < -0.4 is 5.32 Å². The van der Waals surface area contributed by atoms with Gasteiger partial charge >= 0.3 is 0 Å². The van der Waals surface area contributed by atoms with Gasteiger partial charge in [0.25, 0.3) is 0 Å². The first-order chi connectivity index (χ1) is 7.46. The summed E-state index contributed by atoms with van der Waals surface area (Å²) in [5, 5.41) is 11.7. The van der Waals surface area contributed by atoms with Gasteiger partial charge in [0.05, 0.1) is 18.8 Å². The molecule has 0 atom stereocenters. The summed E-state index contributed by atoms with van der Waals surface area (Å²) in [4.78, 5) is 13.3. The molecule has 0 aromatic carbocycles. The van der Waals surface area contributed by atoms with Crippen LogP contribution in [0.1, 0.15) is 20.3 Å². The Labute approximate surface area is 97.8 Å². The van der Waals surface area contributed by atoms with Gasteiger partial charge in [-0.25, -0.2) is 0 Å². The number of aliphatic hydroxyl groups excluding tert-OH is 1. The number of ether oxygens (including phenoxy) is 1. The minimum absolute atomic E-state index is 0.00320. The van der Waals surface area contributed by atoms with Crippen molar-refractivity contribution >= 4 is 5.91 Å². The summed E-state index contributed by atoms with van der Waals surface area (Å²) in [5.74, 6) is 0.00320. The fraction of sp³-hybridized carbons (Fsp3) is 0.909. The number of hydrogen-bond donors (Lipinski definition) is 2. The van der Waals surface area contributed by atoms with Crippen LogP contribution in [-0.4, -0.2) is 61.9 Å². The lowest BCUT2D eigenvalue weighted by Gasteiger charge is -2.28. The lowest BCUT2D eigenvalue weighted by atomic mass is 10.1. The Morgan fingerprint density at radius 1 is 1.44 bits per heavy atom. The van der Waals surface area contributed by atoms with Crippen molar-refractivity contribution < 1.29 is 14.6 Å². The van der Waals surface area contributed by atoms with E-state index in [1.807, 2.05) is 13.8 Å². The van der Waals surface area contributed by atoms with Crippen LogP contribution in [0.3, 0.4) is 0 Å². The van der Waals surface area contributed by atoms with E-state index in [0.29, 0.717) is 19.6 Å². The zero-order chi connectivity index (χ0) is 12.6. The molecule has 0 heterocycles. The molecular weight excluding hydrogens is 208 g/mol. The molecule has 0 rings (SSSR count). The molecule has 0 aliphatic carbocycles. The molecule has 1 amide bonds. The van der Waals surface area contributed by atoms with Crippen molar-refractivity contribution in [2.45, 2.75) is 25.9 Å². The van der Waals surface area contributed by atoms with E-state index in [1.165, 1.54) is 0 Å². The highest BCUT2D eigenvalue weighted by Gasteiger charge is 2.20. The van der Waals surface area contributed by atoms with Gasteiger partial charge in [0.15, 0.2) is 0 Å². The maximum atomic E-state index is 11.6. The topological polar surface area (TPSA) is 61.8 Å². The molecule has 16 heavy (non-hydrogen) atoms. The lowest BCUT2D eigenvalue weighted by molar-refractivity contribution is -0.131. The minimum Gasteiger partial charge on any atom is -0.395 e. The molecule has 0 spiro atoms. The second-order valence-corrected chi connectivity index (χ2v) is 4.35. The zero-order valence-corrected chi connectivity index (χ0v) is 10.7. The smallest absolute Gasteiger partial charge is 0.236 e. The van der Waals surface area contributed by atoms with Gasteiger partial charge < -0.3 is 20.1 Å². The van der Waals surface area contributed by atoms with Crippen LogP contribution in [0.5, 0.6) is 0 Å². The minimum atomic E-state index is -0.242. The molecule has 5 heteroatoms. The monoisotopic (exact) mass is 232 g/mol. The average Bonchev–Trinajstić information content (AvgIpc) is 2.24. The van der Waals surface area contributed by atoms with Crippen molar-refractivity contribution in [3.8, 4) is 0 Å². The number of amides is 1. The van der Waals surface area contributed by atoms with E-state index in [1.54, 1.807) is 19.1 Å². The van der Waals surface area contributed by atoms with Gasteiger partial charge in [-0.2, -0.15) is 0 Å². The largest absolute Gasteiger partial charge is 0.395 e. The van der Waals surface area contributed by atoms with Gasteiger partial charge in [-0.15, -0.1) is 0 Å². The predicted molar refractivity (Wildman–Crippen MR) is 63.3 cm³/mol. The van der Waals surface area contributed by atoms with Gasteiger partial charge in [-0.05, 0) is 27.3 Å². The van der Waals surface area contributed by atoms with E-state index in [2.05, 4.69) is 5.32 Å². The highest BCUT2D eigenvalue weighted by Crippen LogP contribution is 2.13. The highest BCUT2D eigenvalue weighted by atomic mass is 16.5. The van der Waals surface area contributed by atoms with E-state index in [0.717, 1.165) is 6.42 Å². The van der Waals surface area contributed by atoms with Crippen LogP contribution in [0.4, 0.5) is 0 Å². The van der Waals surface area contributed by atoms with E-state index >= 15 is 0 Å². The number of aliphatic hydroxyl groups is 1. The molecule has 0 aromatic heterocycles. The van der Waals surface area contributed by atoms with Crippen molar-refractivity contribution in [3.63, 3.8) is 0 Å². The van der Waals surface area contributed by atoms with Crippen molar-refractivity contribution in [2.24, 2.45) is 0 Å². The number of nitrogens with one attached hydrogen (secondary N) is 1. The van der Waals surface area contributed by atoms with Gasteiger partial charge in [0.1, 0.15) is 0 Å². The number of methoxy groups -OCH3 is 1. The number of rotatable bonds is 8. The van der Waals surface area contributed by atoms with Gasteiger partial charge in [-0.1, -0.05) is 0 Å². The quantitative estimate of drug-likeness (QED) is 0.610. The van der Waals surface area contributed by atoms with Crippen molar-refractivity contribution in [2.75, 3.05) is 40.4 Å². The Morgan fingerprint density at radius 2 is 2.06 bits per heavy atom.